The Balaban J connectivity index is 2.95. The van der Waals surface area contributed by atoms with Crippen LogP contribution in [-0.4, -0.2) is 27.2 Å². The molecule has 0 radical (unpaired) electrons. The molecule has 1 aromatic carbocycles. The van der Waals surface area contributed by atoms with E-state index < -0.39 is 27.2 Å². The molecule has 0 unspecified atom stereocenters. The molecule has 0 fully saturated rings. The first-order valence-corrected chi connectivity index (χ1v) is 22.6. The molecular formula is C24H46Ge2O2. The maximum absolute atomic E-state index is 6.80. The summed E-state index contributed by atoms with van der Waals surface area (Å²) in [7, 11) is 0. The summed E-state index contributed by atoms with van der Waals surface area (Å²) in [5, 5.41) is 7.93. The van der Waals surface area contributed by atoms with E-state index in [1.807, 2.05) is 0 Å². The molecule has 0 atom stereocenters. The molecule has 0 bridgehead atoms. The summed E-state index contributed by atoms with van der Waals surface area (Å²) in [6.45, 7) is 13.9. The molecule has 0 N–H and O–H groups in total. The van der Waals surface area contributed by atoms with Crippen molar-refractivity contribution in [1.29, 1.82) is 0 Å². The van der Waals surface area contributed by atoms with Gasteiger partial charge in [0.05, 0.1) is 0 Å². The predicted molar refractivity (Wildman–Crippen MR) is 130 cm³/mol. The Morgan fingerprint density at radius 3 is 0.857 bits per heavy atom. The quantitative estimate of drug-likeness (QED) is 0.206. The van der Waals surface area contributed by atoms with E-state index in [0.717, 1.165) is 11.5 Å². The third kappa shape index (κ3) is 8.34. The molecule has 0 spiro atoms. The zero-order valence-corrected chi connectivity index (χ0v) is 23.8. The molecule has 28 heavy (non-hydrogen) atoms. The van der Waals surface area contributed by atoms with Gasteiger partial charge in [0.15, 0.2) is 0 Å². The molecule has 0 heterocycles. The number of hydrogen-bond acceptors (Lipinski definition) is 2. The molecule has 0 saturated carbocycles. The van der Waals surface area contributed by atoms with Crippen molar-refractivity contribution in [3.05, 3.63) is 24.3 Å². The van der Waals surface area contributed by atoms with E-state index in [-0.39, 0.29) is 0 Å². The second kappa shape index (κ2) is 14.0. The monoisotopic (exact) mass is 514 g/mol. The Morgan fingerprint density at radius 1 is 0.464 bits per heavy atom. The normalized spacial score (nSPS) is 12.2. The van der Waals surface area contributed by atoms with Crippen LogP contribution in [0.15, 0.2) is 24.3 Å². The zero-order chi connectivity index (χ0) is 20.9. The van der Waals surface area contributed by atoms with Gasteiger partial charge in [0.2, 0.25) is 0 Å². The van der Waals surface area contributed by atoms with E-state index >= 15 is 0 Å². The van der Waals surface area contributed by atoms with Crippen molar-refractivity contribution < 1.29 is 7.53 Å². The van der Waals surface area contributed by atoms with Crippen molar-refractivity contribution >= 4 is 27.2 Å². The minimum absolute atomic E-state index is 1.09. The molecule has 162 valence electrons. The van der Waals surface area contributed by atoms with Crippen LogP contribution in [0, 0.1) is 0 Å². The summed E-state index contributed by atoms with van der Waals surface area (Å²) in [5.74, 6) is 2.17. The molecule has 1 rings (SSSR count). The van der Waals surface area contributed by atoms with Crippen LogP contribution in [0.5, 0.6) is 11.5 Å². The second-order valence-electron chi connectivity index (χ2n) is 8.54. The molecule has 0 aromatic heterocycles. The van der Waals surface area contributed by atoms with Crippen LogP contribution in [0.1, 0.15) is 80.1 Å². The van der Waals surface area contributed by atoms with Gasteiger partial charge in [-0.15, -0.1) is 0 Å². The van der Waals surface area contributed by atoms with E-state index in [1.165, 1.54) is 70.0 Å². The minimum atomic E-state index is -2.25. The molecule has 0 aliphatic carbocycles. The SMILES string of the molecule is CC[CH2][Ge]([CH2]CC)([CH2]CC)[O]c1ccc([O][Ge]([CH2]CC)([CH2]CC)[CH2]CC)cc1. The van der Waals surface area contributed by atoms with Crippen molar-refractivity contribution in [3.8, 4) is 11.5 Å². The Bertz CT molecular complexity index is 435. The van der Waals surface area contributed by atoms with E-state index in [9.17, 15) is 0 Å². The number of benzene rings is 1. The summed E-state index contributed by atoms with van der Waals surface area (Å²) < 4.78 is 13.6. The van der Waals surface area contributed by atoms with Gasteiger partial charge in [-0.2, -0.15) is 0 Å². The predicted octanol–water partition coefficient (Wildman–Crippen LogP) is 8.80. The summed E-state index contributed by atoms with van der Waals surface area (Å²) in [6, 6.07) is 8.75. The van der Waals surface area contributed by atoms with Gasteiger partial charge in [-0.3, -0.25) is 0 Å². The van der Waals surface area contributed by atoms with Crippen LogP contribution in [-0.2, 0) is 0 Å². The van der Waals surface area contributed by atoms with E-state index in [4.69, 9.17) is 7.53 Å². The Kier molecular flexibility index (Phi) is 13.0. The van der Waals surface area contributed by atoms with Crippen molar-refractivity contribution in [2.75, 3.05) is 0 Å². The first kappa shape index (κ1) is 25.9. The fraction of sp³-hybridized carbons (Fsp3) is 0.750. The molecule has 1 aromatic rings. The van der Waals surface area contributed by atoms with Gasteiger partial charge >= 0.3 is 182 Å². The molecule has 0 saturated heterocycles. The fourth-order valence-electron chi connectivity index (χ4n) is 4.87. The van der Waals surface area contributed by atoms with Crippen LogP contribution in [0.3, 0.4) is 0 Å². The Labute approximate surface area is 181 Å². The summed E-state index contributed by atoms with van der Waals surface area (Å²) in [4.78, 5) is 0. The Morgan fingerprint density at radius 2 is 0.679 bits per heavy atom. The number of rotatable bonds is 16. The van der Waals surface area contributed by atoms with Crippen LogP contribution in [0.2, 0.25) is 31.5 Å². The van der Waals surface area contributed by atoms with Crippen LogP contribution in [0.25, 0.3) is 0 Å². The van der Waals surface area contributed by atoms with E-state index in [2.05, 4.69) is 65.8 Å². The average molecular weight is 512 g/mol. The standard InChI is InChI=1S/C24H46Ge2O2/c1-7-17-25(18-8-2,19-9-3)27-23-13-15-24(16-14-23)28-26(20-10-4,21-11-5)22-12-6/h13-16H,7-12,17-22H2,1-6H3. The third-order valence-electron chi connectivity index (χ3n) is 5.73. The van der Waals surface area contributed by atoms with Gasteiger partial charge in [-0.25, -0.2) is 0 Å². The molecule has 0 aliphatic heterocycles. The molecular weight excluding hydrogens is 465 g/mol. The molecule has 4 heteroatoms. The molecule has 2 nitrogen and oxygen atoms in total. The van der Waals surface area contributed by atoms with Crippen LogP contribution < -0.4 is 7.53 Å². The fourth-order valence-corrected chi connectivity index (χ4v) is 23.4. The topological polar surface area (TPSA) is 18.5 Å². The maximum atomic E-state index is 6.80. The average Bonchev–Trinajstić information content (AvgIpc) is 2.65. The van der Waals surface area contributed by atoms with Crippen molar-refractivity contribution in [2.24, 2.45) is 0 Å². The summed E-state index contributed by atoms with van der Waals surface area (Å²) in [5.41, 5.74) is 0. The van der Waals surface area contributed by atoms with Gasteiger partial charge in [0.25, 0.3) is 0 Å². The molecule has 0 aliphatic rings. The van der Waals surface area contributed by atoms with Gasteiger partial charge in [0.1, 0.15) is 0 Å². The Hall–Kier alpha value is -0.0943. The van der Waals surface area contributed by atoms with Gasteiger partial charge < -0.3 is 0 Å². The van der Waals surface area contributed by atoms with E-state index in [0.29, 0.717) is 0 Å². The van der Waals surface area contributed by atoms with Gasteiger partial charge in [-0.1, -0.05) is 0 Å². The van der Waals surface area contributed by atoms with Crippen LogP contribution >= 0.6 is 0 Å². The van der Waals surface area contributed by atoms with Crippen molar-refractivity contribution in [1.82, 2.24) is 0 Å². The first-order chi connectivity index (χ1) is 13.5. The zero-order valence-electron chi connectivity index (χ0n) is 19.6. The summed E-state index contributed by atoms with van der Waals surface area (Å²) in [6.07, 6.45) is 7.51. The third-order valence-corrected chi connectivity index (χ3v) is 26.3. The first-order valence-electron chi connectivity index (χ1n) is 12.0. The number of hydrogen-bond donors (Lipinski definition) is 0. The van der Waals surface area contributed by atoms with E-state index in [1.54, 1.807) is 0 Å². The van der Waals surface area contributed by atoms with Crippen molar-refractivity contribution in [2.45, 2.75) is 112 Å². The van der Waals surface area contributed by atoms with Crippen molar-refractivity contribution in [3.63, 3.8) is 0 Å². The van der Waals surface area contributed by atoms with Gasteiger partial charge in [-0.05, 0) is 0 Å². The second-order valence-corrected chi connectivity index (χ2v) is 25.6. The molecule has 0 amide bonds. The summed E-state index contributed by atoms with van der Waals surface area (Å²) >= 11 is -4.50. The van der Waals surface area contributed by atoms with Crippen LogP contribution in [0.4, 0.5) is 0 Å². The van der Waals surface area contributed by atoms with Gasteiger partial charge in [0, 0.05) is 0 Å².